The fourth-order valence-corrected chi connectivity index (χ4v) is 3.26. The van der Waals surface area contributed by atoms with E-state index in [9.17, 15) is 4.79 Å². The van der Waals surface area contributed by atoms with Gasteiger partial charge in [-0.25, -0.2) is 0 Å². The summed E-state index contributed by atoms with van der Waals surface area (Å²) in [4.78, 5) is 11.9. The van der Waals surface area contributed by atoms with E-state index in [2.05, 4.69) is 21.2 Å². The Hall–Kier alpha value is -0.740. The molecule has 1 aromatic rings. The molecule has 1 fully saturated rings. The van der Waals surface area contributed by atoms with Gasteiger partial charge in [0.25, 0.3) is 5.91 Å². The molecule has 0 unspecified atom stereocenters. The largest absolute Gasteiger partial charge is 0.484 e. The van der Waals surface area contributed by atoms with E-state index >= 15 is 0 Å². The van der Waals surface area contributed by atoms with E-state index in [1.165, 1.54) is 12.8 Å². The predicted octanol–water partition coefficient (Wildman–Crippen LogP) is 3.54. The highest BCUT2D eigenvalue weighted by Gasteiger charge is 2.34. The van der Waals surface area contributed by atoms with Gasteiger partial charge in [-0.3, -0.25) is 4.79 Å². The third-order valence-electron chi connectivity index (χ3n) is 3.39. The molecule has 1 aliphatic rings. The summed E-state index contributed by atoms with van der Waals surface area (Å²) in [6.45, 7) is 0.0229. The van der Waals surface area contributed by atoms with Crippen LogP contribution >= 0.6 is 27.5 Å². The Bertz CT molecular complexity index is 447. The van der Waals surface area contributed by atoms with Gasteiger partial charge < -0.3 is 10.1 Å². The van der Waals surface area contributed by atoms with Gasteiger partial charge in [0.15, 0.2) is 6.61 Å². The monoisotopic (exact) mass is 345 g/mol. The first-order chi connectivity index (χ1) is 9.13. The van der Waals surface area contributed by atoms with Crippen LogP contribution in [0, 0.1) is 0 Å². The number of ether oxygens (including phenoxy) is 1. The maximum Gasteiger partial charge on any atom is 0.258 e. The zero-order valence-corrected chi connectivity index (χ0v) is 13.0. The number of nitrogens with one attached hydrogen (secondary N) is 1. The van der Waals surface area contributed by atoms with Gasteiger partial charge in [0.05, 0.1) is 0 Å². The summed E-state index contributed by atoms with van der Waals surface area (Å²) in [6.07, 6.45) is 4.39. The number of carbonyl (C=O) groups excluding carboxylic acids is 1. The van der Waals surface area contributed by atoms with Gasteiger partial charge in [-0.05, 0) is 31.0 Å². The molecule has 0 aromatic heterocycles. The molecule has 0 spiro atoms. The summed E-state index contributed by atoms with van der Waals surface area (Å²) in [5.41, 5.74) is -0.0885. The van der Waals surface area contributed by atoms with Crippen molar-refractivity contribution in [2.24, 2.45) is 0 Å². The van der Waals surface area contributed by atoms with Crippen LogP contribution in [0.4, 0.5) is 0 Å². The normalized spacial score (nSPS) is 17.2. The first-order valence-electron chi connectivity index (χ1n) is 6.39. The van der Waals surface area contributed by atoms with Crippen molar-refractivity contribution in [3.8, 4) is 5.75 Å². The maximum atomic E-state index is 11.9. The van der Waals surface area contributed by atoms with E-state index in [4.69, 9.17) is 16.3 Å². The lowest BCUT2D eigenvalue weighted by Crippen LogP contribution is -2.49. The van der Waals surface area contributed by atoms with E-state index in [0.29, 0.717) is 10.8 Å². The molecule has 1 N–H and O–H groups in total. The number of halogens is 2. The van der Waals surface area contributed by atoms with E-state index in [0.717, 1.165) is 18.2 Å². The topological polar surface area (TPSA) is 38.3 Å². The van der Waals surface area contributed by atoms with Crippen LogP contribution in [-0.2, 0) is 4.79 Å². The molecular weight excluding hydrogens is 330 g/mol. The van der Waals surface area contributed by atoms with Crippen LogP contribution < -0.4 is 10.1 Å². The molecule has 2 rings (SSSR count). The summed E-state index contributed by atoms with van der Waals surface area (Å²) in [7, 11) is 0. The third-order valence-corrected chi connectivity index (χ3v) is 4.70. The molecule has 104 valence electrons. The van der Waals surface area contributed by atoms with Crippen LogP contribution in [0.5, 0.6) is 5.75 Å². The number of carbonyl (C=O) groups is 1. The fourth-order valence-electron chi connectivity index (χ4n) is 2.38. The van der Waals surface area contributed by atoms with Gasteiger partial charge in [0, 0.05) is 15.9 Å². The summed E-state index contributed by atoms with van der Waals surface area (Å²) >= 11 is 9.35. The average molecular weight is 347 g/mol. The molecule has 5 heteroatoms. The molecular formula is C14H17BrClNO2. The van der Waals surface area contributed by atoms with Gasteiger partial charge in [0.1, 0.15) is 5.75 Å². The highest BCUT2D eigenvalue weighted by molar-refractivity contribution is 9.09. The Kier molecular flexibility index (Phi) is 5.11. The summed E-state index contributed by atoms with van der Waals surface area (Å²) < 4.78 is 5.44. The van der Waals surface area contributed by atoms with Gasteiger partial charge in [0.2, 0.25) is 0 Å². The Balaban J connectivity index is 1.84. The molecule has 1 aromatic carbocycles. The van der Waals surface area contributed by atoms with Crippen LogP contribution in [-0.4, -0.2) is 23.4 Å². The van der Waals surface area contributed by atoms with Crippen molar-refractivity contribution in [2.45, 2.75) is 31.2 Å². The van der Waals surface area contributed by atoms with Crippen molar-refractivity contribution in [2.75, 3.05) is 11.9 Å². The quantitative estimate of drug-likeness (QED) is 0.828. The van der Waals surface area contributed by atoms with Crippen molar-refractivity contribution in [3.05, 3.63) is 29.3 Å². The number of benzene rings is 1. The SMILES string of the molecule is O=C(COc1cccc(Cl)c1)NC1(CBr)CCCC1. The molecule has 3 nitrogen and oxygen atoms in total. The van der Waals surface area contributed by atoms with Crippen molar-refractivity contribution >= 4 is 33.4 Å². The molecule has 0 bridgehead atoms. The molecule has 0 heterocycles. The maximum absolute atomic E-state index is 11.9. The Morgan fingerprint density at radius 1 is 1.42 bits per heavy atom. The lowest BCUT2D eigenvalue weighted by atomic mass is 10.0. The Morgan fingerprint density at radius 2 is 2.16 bits per heavy atom. The lowest BCUT2D eigenvalue weighted by molar-refractivity contribution is -0.124. The van der Waals surface area contributed by atoms with Crippen molar-refractivity contribution in [3.63, 3.8) is 0 Å². The first-order valence-corrected chi connectivity index (χ1v) is 7.89. The summed E-state index contributed by atoms with van der Waals surface area (Å²) in [6, 6.07) is 7.05. The van der Waals surface area contributed by atoms with Gasteiger partial charge in [-0.15, -0.1) is 0 Å². The number of amides is 1. The molecule has 1 amide bonds. The van der Waals surface area contributed by atoms with Gasteiger partial charge >= 0.3 is 0 Å². The second-order valence-electron chi connectivity index (χ2n) is 4.92. The van der Waals surface area contributed by atoms with Gasteiger partial charge in [-0.1, -0.05) is 46.4 Å². The summed E-state index contributed by atoms with van der Waals surface area (Å²) in [5, 5.41) is 4.48. The number of hydrogen-bond acceptors (Lipinski definition) is 2. The molecule has 0 atom stereocenters. The van der Waals surface area contributed by atoms with E-state index in [1.807, 2.05) is 0 Å². The minimum atomic E-state index is -0.0885. The molecule has 0 saturated heterocycles. The van der Waals surface area contributed by atoms with E-state index in [1.54, 1.807) is 24.3 Å². The van der Waals surface area contributed by atoms with E-state index in [-0.39, 0.29) is 18.1 Å². The number of alkyl halides is 1. The molecule has 0 radical (unpaired) electrons. The lowest BCUT2D eigenvalue weighted by Gasteiger charge is -2.28. The zero-order chi connectivity index (χ0) is 13.7. The standard InChI is InChI=1S/C14H17BrClNO2/c15-10-14(6-1-2-7-14)17-13(18)9-19-12-5-3-4-11(16)8-12/h3-5,8H,1-2,6-7,9-10H2,(H,17,18). The Labute approximate surface area is 126 Å². The minimum absolute atomic E-state index is 0.0229. The molecule has 1 aliphatic carbocycles. The smallest absolute Gasteiger partial charge is 0.258 e. The minimum Gasteiger partial charge on any atom is -0.484 e. The zero-order valence-electron chi connectivity index (χ0n) is 10.6. The number of rotatable bonds is 5. The van der Waals surface area contributed by atoms with Crippen LogP contribution in [0.3, 0.4) is 0 Å². The van der Waals surface area contributed by atoms with Gasteiger partial charge in [-0.2, -0.15) is 0 Å². The van der Waals surface area contributed by atoms with Crippen molar-refractivity contribution in [1.29, 1.82) is 0 Å². The number of hydrogen-bond donors (Lipinski definition) is 1. The van der Waals surface area contributed by atoms with Crippen LogP contribution in [0.25, 0.3) is 0 Å². The predicted molar refractivity (Wildman–Crippen MR) is 80.1 cm³/mol. The average Bonchev–Trinajstić information content (AvgIpc) is 2.86. The van der Waals surface area contributed by atoms with Crippen LogP contribution in [0.15, 0.2) is 24.3 Å². The highest BCUT2D eigenvalue weighted by Crippen LogP contribution is 2.31. The second-order valence-corrected chi connectivity index (χ2v) is 5.91. The first kappa shape index (κ1) is 14.7. The van der Waals surface area contributed by atoms with Crippen LogP contribution in [0.2, 0.25) is 5.02 Å². The second kappa shape index (κ2) is 6.62. The third kappa shape index (κ3) is 4.11. The fraction of sp³-hybridized carbons (Fsp3) is 0.500. The molecule has 0 aliphatic heterocycles. The van der Waals surface area contributed by atoms with E-state index < -0.39 is 0 Å². The van der Waals surface area contributed by atoms with Crippen LogP contribution in [0.1, 0.15) is 25.7 Å². The van der Waals surface area contributed by atoms with Crippen molar-refractivity contribution in [1.82, 2.24) is 5.32 Å². The molecule has 1 saturated carbocycles. The Morgan fingerprint density at radius 3 is 2.79 bits per heavy atom. The molecule has 19 heavy (non-hydrogen) atoms. The van der Waals surface area contributed by atoms with Crippen molar-refractivity contribution < 1.29 is 9.53 Å². The summed E-state index contributed by atoms with van der Waals surface area (Å²) in [5.74, 6) is 0.531. The highest BCUT2D eigenvalue weighted by atomic mass is 79.9.